The zero-order valence-electron chi connectivity index (χ0n) is 21.3. The molecule has 0 amide bonds. The predicted octanol–water partition coefficient (Wildman–Crippen LogP) is 3.07. The van der Waals surface area contributed by atoms with E-state index in [-0.39, 0.29) is 6.17 Å². The molecule has 3 N–H and O–H groups in total. The minimum atomic E-state index is -0.729. The van der Waals surface area contributed by atoms with Gasteiger partial charge in [-0.2, -0.15) is 0 Å². The van der Waals surface area contributed by atoms with Crippen molar-refractivity contribution in [1.29, 1.82) is 0 Å². The van der Waals surface area contributed by atoms with Crippen molar-refractivity contribution in [2.75, 3.05) is 19.4 Å². The Morgan fingerprint density at radius 1 is 1.00 bits per heavy atom. The smallest absolute Gasteiger partial charge is 0.334 e. The molecule has 0 fully saturated rings. The molecule has 9 heteroatoms. The van der Waals surface area contributed by atoms with Crippen molar-refractivity contribution in [3.8, 4) is 0 Å². The highest BCUT2D eigenvalue weighted by Gasteiger charge is 2.25. The van der Waals surface area contributed by atoms with Gasteiger partial charge in [0.15, 0.2) is 11.2 Å². The summed E-state index contributed by atoms with van der Waals surface area (Å²) in [5.41, 5.74) is 8.53. The third kappa shape index (κ3) is 4.98. The Balaban J connectivity index is 1.95. The van der Waals surface area contributed by atoms with Gasteiger partial charge in [0.2, 0.25) is 0 Å². The molecule has 0 saturated carbocycles. The molecule has 2 aromatic heterocycles. The Bertz CT molecular complexity index is 1440. The summed E-state index contributed by atoms with van der Waals surface area (Å²) >= 11 is 0. The number of hydrogen-bond acceptors (Lipinski definition) is 6. The number of fused-ring (bicyclic) bond motifs is 1. The Morgan fingerprint density at radius 3 is 2.33 bits per heavy atom. The molecule has 2 atom stereocenters. The van der Waals surface area contributed by atoms with Gasteiger partial charge in [0.25, 0.3) is 5.56 Å². The average Bonchev–Trinajstić information content (AvgIpc) is 3.24. The number of ether oxygens (including phenoxy) is 1. The summed E-state index contributed by atoms with van der Waals surface area (Å²) in [5.74, 6) is 0.713. The molecule has 190 valence electrons. The molecule has 0 spiro atoms. The Hall–Kier alpha value is -3.69. The molecule has 0 aliphatic heterocycles. The number of aryl methyl sites for hydroxylation is 2. The van der Waals surface area contributed by atoms with E-state index in [1.165, 1.54) is 11.7 Å². The monoisotopic (exact) mass is 490 g/mol. The lowest BCUT2D eigenvalue weighted by Crippen LogP contribution is -2.43. The lowest BCUT2D eigenvalue weighted by atomic mass is 10.1. The van der Waals surface area contributed by atoms with Crippen molar-refractivity contribution in [2.45, 2.75) is 52.6 Å². The summed E-state index contributed by atoms with van der Waals surface area (Å²) in [7, 11) is 1.48. The number of aromatic nitrogens is 4. The van der Waals surface area contributed by atoms with Gasteiger partial charge in [-0.25, -0.2) is 14.3 Å². The van der Waals surface area contributed by atoms with Crippen LogP contribution < -0.4 is 22.3 Å². The number of nitrogens with one attached hydrogen (secondary N) is 1. The van der Waals surface area contributed by atoms with E-state index in [0.717, 1.165) is 11.1 Å². The Kier molecular flexibility index (Phi) is 7.71. The van der Waals surface area contributed by atoms with Gasteiger partial charge in [-0.05, 0) is 50.1 Å². The summed E-state index contributed by atoms with van der Waals surface area (Å²) in [6, 6.07) is 17.5. The van der Waals surface area contributed by atoms with Crippen molar-refractivity contribution in [3.63, 3.8) is 0 Å². The third-order valence-corrected chi connectivity index (χ3v) is 6.48. The first-order chi connectivity index (χ1) is 17.3. The van der Waals surface area contributed by atoms with Crippen LogP contribution in [0, 0.1) is 0 Å². The second-order valence-corrected chi connectivity index (χ2v) is 8.90. The first-order valence-electron chi connectivity index (χ1n) is 12.3. The average molecular weight is 491 g/mol. The first-order valence-corrected chi connectivity index (χ1v) is 12.3. The molecule has 4 aromatic rings. The maximum Gasteiger partial charge on any atom is 0.334 e. The normalized spacial score (nSPS) is 13.2. The number of nitrogen functional groups attached to an aromatic ring is 1. The van der Waals surface area contributed by atoms with Gasteiger partial charge in [0.05, 0.1) is 6.17 Å². The molecule has 9 nitrogen and oxygen atoms in total. The number of methoxy groups -OCH3 is 1. The van der Waals surface area contributed by atoms with Gasteiger partial charge >= 0.3 is 5.69 Å². The highest BCUT2D eigenvalue weighted by Crippen LogP contribution is 2.21. The minimum Gasteiger partial charge on any atom is -0.399 e. The van der Waals surface area contributed by atoms with Crippen LogP contribution in [0.15, 0.2) is 64.2 Å². The lowest BCUT2D eigenvalue weighted by Gasteiger charge is -2.20. The van der Waals surface area contributed by atoms with Gasteiger partial charge in [0, 0.05) is 25.8 Å². The number of benzene rings is 2. The van der Waals surface area contributed by atoms with E-state index in [9.17, 15) is 9.59 Å². The number of nitrogens with zero attached hydrogens (tertiary/aromatic N) is 4. The molecule has 2 aromatic carbocycles. The van der Waals surface area contributed by atoms with Crippen LogP contribution >= 0.6 is 0 Å². The number of imidazole rings is 1. The van der Waals surface area contributed by atoms with Gasteiger partial charge in [-0.3, -0.25) is 14.7 Å². The van der Waals surface area contributed by atoms with Gasteiger partial charge < -0.3 is 15.0 Å². The van der Waals surface area contributed by atoms with Crippen molar-refractivity contribution in [1.82, 2.24) is 24.0 Å². The van der Waals surface area contributed by atoms with Crippen molar-refractivity contribution in [2.24, 2.45) is 0 Å². The van der Waals surface area contributed by atoms with Crippen LogP contribution in [-0.4, -0.2) is 32.3 Å². The van der Waals surface area contributed by atoms with Crippen LogP contribution in [0.4, 0.5) is 5.69 Å². The second-order valence-electron chi connectivity index (χ2n) is 8.90. The first kappa shape index (κ1) is 25.4. The SMILES string of the molecule is CCNC(C)n1c(Cc2ccccc2)nc2c1c(=O)n(C(C)OC)c(=O)n2CCc1ccc(N)cc1. The Labute approximate surface area is 210 Å². The maximum atomic E-state index is 13.8. The van der Waals surface area contributed by atoms with Gasteiger partial charge in [-0.15, -0.1) is 0 Å². The fourth-order valence-electron chi connectivity index (χ4n) is 4.53. The molecule has 2 heterocycles. The molecule has 36 heavy (non-hydrogen) atoms. The molecular weight excluding hydrogens is 456 g/mol. The van der Waals surface area contributed by atoms with Crippen LogP contribution in [0.3, 0.4) is 0 Å². The lowest BCUT2D eigenvalue weighted by molar-refractivity contribution is 0.0530. The highest BCUT2D eigenvalue weighted by molar-refractivity contribution is 5.71. The molecule has 0 bridgehead atoms. The summed E-state index contributed by atoms with van der Waals surface area (Å²) in [6.45, 7) is 6.77. The Morgan fingerprint density at radius 2 is 1.69 bits per heavy atom. The highest BCUT2D eigenvalue weighted by atomic mass is 16.5. The largest absolute Gasteiger partial charge is 0.399 e. The standard InChI is InChI=1S/C27H34N6O3/c1-5-29-18(2)32-23(17-21-9-7-6-8-10-21)30-25-24(32)26(34)33(19(3)36-4)27(35)31(25)16-15-20-11-13-22(28)14-12-20/h6-14,18-19,29H,5,15-17,28H2,1-4H3. The topological polar surface area (TPSA) is 109 Å². The van der Waals surface area contributed by atoms with Gasteiger partial charge in [0.1, 0.15) is 12.1 Å². The molecule has 0 radical (unpaired) electrons. The molecule has 0 saturated heterocycles. The summed E-state index contributed by atoms with van der Waals surface area (Å²) in [6.07, 6.45) is 0.170. The molecule has 0 aliphatic carbocycles. The van der Waals surface area contributed by atoms with E-state index in [1.54, 1.807) is 11.5 Å². The number of nitrogens with two attached hydrogens (primary N) is 1. The zero-order chi connectivity index (χ0) is 25.8. The fraction of sp³-hybridized carbons (Fsp3) is 0.370. The maximum absolute atomic E-state index is 13.8. The van der Waals surface area contributed by atoms with E-state index in [4.69, 9.17) is 15.5 Å². The molecule has 4 rings (SSSR count). The van der Waals surface area contributed by atoms with Gasteiger partial charge in [-0.1, -0.05) is 49.4 Å². The van der Waals surface area contributed by atoms with E-state index < -0.39 is 17.5 Å². The van der Waals surface area contributed by atoms with Crippen LogP contribution in [0.25, 0.3) is 11.2 Å². The van der Waals surface area contributed by atoms with Crippen molar-refractivity contribution < 1.29 is 4.74 Å². The third-order valence-electron chi connectivity index (χ3n) is 6.48. The zero-order valence-corrected chi connectivity index (χ0v) is 21.3. The van der Waals surface area contributed by atoms with E-state index >= 15 is 0 Å². The van der Waals surface area contributed by atoms with E-state index in [1.807, 2.05) is 73.0 Å². The number of anilines is 1. The molecule has 0 aliphatic rings. The van der Waals surface area contributed by atoms with Crippen LogP contribution in [0.2, 0.25) is 0 Å². The second kappa shape index (κ2) is 10.9. The fourth-order valence-corrected chi connectivity index (χ4v) is 4.53. The number of hydrogen-bond donors (Lipinski definition) is 2. The minimum absolute atomic E-state index is 0.208. The van der Waals surface area contributed by atoms with Crippen molar-refractivity contribution >= 4 is 16.9 Å². The van der Waals surface area contributed by atoms with Crippen LogP contribution in [-0.2, 0) is 24.1 Å². The van der Waals surface area contributed by atoms with E-state index in [0.29, 0.717) is 48.6 Å². The molecule has 2 unspecified atom stereocenters. The summed E-state index contributed by atoms with van der Waals surface area (Å²) < 4.78 is 10.1. The molecular formula is C27H34N6O3. The van der Waals surface area contributed by atoms with Crippen LogP contribution in [0.1, 0.15) is 50.1 Å². The summed E-state index contributed by atoms with van der Waals surface area (Å²) in [4.78, 5) is 32.3. The predicted molar refractivity (Wildman–Crippen MR) is 142 cm³/mol. The summed E-state index contributed by atoms with van der Waals surface area (Å²) in [5, 5.41) is 3.40. The van der Waals surface area contributed by atoms with Crippen molar-refractivity contribution in [3.05, 3.63) is 92.4 Å². The number of rotatable bonds is 10. The van der Waals surface area contributed by atoms with Crippen LogP contribution in [0.5, 0.6) is 0 Å². The quantitative estimate of drug-likeness (QED) is 0.331. The van der Waals surface area contributed by atoms with E-state index in [2.05, 4.69) is 5.32 Å².